The number of halogens is 1. The lowest BCUT2D eigenvalue weighted by Gasteiger charge is -2.23. The van der Waals surface area contributed by atoms with Crippen LogP contribution < -0.4 is 10.6 Å². The van der Waals surface area contributed by atoms with E-state index >= 15 is 0 Å². The van der Waals surface area contributed by atoms with Gasteiger partial charge in [0.15, 0.2) is 0 Å². The highest BCUT2D eigenvalue weighted by Gasteiger charge is 2.07. The minimum Gasteiger partial charge on any atom is -0.365 e. The van der Waals surface area contributed by atoms with Crippen molar-refractivity contribution in [2.24, 2.45) is 5.73 Å². The highest BCUT2D eigenvalue weighted by atomic mass is 35.5. The Morgan fingerprint density at radius 3 is 2.76 bits per heavy atom. The van der Waals surface area contributed by atoms with Gasteiger partial charge in [0.1, 0.15) is 0 Å². The van der Waals surface area contributed by atoms with Gasteiger partial charge in [-0.05, 0) is 29.6 Å². The Balaban J connectivity index is 2.16. The molecule has 0 fully saturated rings. The third kappa shape index (κ3) is 3.46. The van der Waals surface area contributed by atoms with Crippen molar-refractivity contribution in [1.82, 2.24) is 0 Å². The number of anilines is 1. The normalized spacial score (nSPS) is 10.5. The summed E-state index contributed by atoms with van der Waals surface area (Å²) in [6, 6.07) is 12.1. The third-order valence-electron chi connectivity index (χ3n) is 2.50. The van der Waals surface area contributed by atoms with Crippen LogP contribution in [-0.2, 0) is 6.54 Å². The molecule has 0 unspecified atom stereocenters. The minimum atomic E-state index is 0.637. The fourth-order valence-electron chi connectivity index (χ4n) is 1.72. The monoisotopic (exact) mass is 266 g/mol. The molecule has 17 heavy (non-hydrogen) atoms. The van der Waals surface area contributed by atoms with Gasteiger partial charge in [-0.25, -0.2) is 0 Å². The number of nitrogens with zero attached hydrogens (tertiary/aromatic N) is 1. The van der Waals surface area contributed by atoms with Crippen LogP contribution in [0.4, 0.5) is 5.69 Å². The quantitative estimate of drug-likeness (QED) is 0.899. The first-order chi connectivity index (χ1) is 8.29. The molecule has 1 aromatic heterocycles. The van der Waals surface area contributed by atoms with Gasteiger partial charge in [-0.15, -0.1) is 11.3 Å². The molecule has 0 saturated carbocycles. The maximum absolute atomic E-state index is 6.02. The Morgan fingerprint density at radius 2 is 2.12 bits per heavy atom. The van der Waals surface area contributed by atoms with Gasteiger partial charge < -0.3 is 10.6 Å². The van der Waals surface area contributed by atoms with E-state index in [0.717, 1.165) is 23.8 Å². The molecular formula is C13H15ClN2S. The van der Waals surface area contributed by atoms with Crippen LogP contribution in [0.15, 0.2) is 41.8 Å². The molecule has 2 nitrogen and oxygen atoms in total. The Kier molecular flexibility index (Phi) is 4.42. The SMILES string of the molecule is NCCN(Cc1cccs1)c1cccc(Cl)c1. The maximum Gasteiger partial charge on any atom is 0.0523 e. The maximum atomic E-state index is 6.02. The van der Waals surface area contributed by atoms with E-state index in [1.807, 2.05) is 18.2 Å². The van der Waals surface area contributed by atoms with E-state index in [-0.39, 0.29) is 0 Å². The van der Waals surface area contributed by atoms with E-state index < -0.39 is 0 Å². The molecule has 0 aliphatic rings. The second kappa shape index (κ2) is 6.05. The molecular weight excluding hydrogens is 252 g/mol. The zero-order valence-corrected chi connectivity index (χ0v) is 11.0. The Hall–Kier alpha value is -1.03. The van der Waals surface area contributed by atoms with Crippen LogP contribution in [0.1, 0.15) is 4.88 Å². The fourth-order valence-corrected chi connectivity index (χ4v) is 2.62. The van der Waals surface area contributed by atoms with Crippen molar-refractivity contribution in [1.29, 1.82) is 0 Å². The lowest BCUT2D eigenvalue weighted by Crippen LogP contribution is -2.28. The third-order valence-corrected chi connectivity index (χ3v) is 3.60. The van der Waals surface area contributed by atoms with Crippen LogP contribution in [0.5, 0.6) is 0 Å². The van der Waals surface area contributed by atoms with E-state index in [0.29, 0.717) is 6.54 Å². The Bertz CT molecular complexity index is 456. The van der Waals surface area contributed by atoms with Gasteiger partial charge in [-0.3, -0.25) is 0 Å². The second-order valence-corrected chi connectivity index (χ2v) is 5.24. The van der Waals surface area contributed by atoms with Gasteiger partial charge in [-0.1, -0.05) is 23.7 Å². The van der Waals surface area contributed by atoms with Crippen LogP contribution in [-0.4, -0.2) is 13.1 Å². The van der Waals surface area contributed by atoms with Crippen molar-refractivity contribution in [2.45, 2.75) is 6.54 Å². The van der Waals surface area contributed by atoms with E-state index in [2.05, 4.69) is 28.5 Å². The summed E-state index contributed by atoms with van der Waals surface area (Å²) < 4.78 is 0. The topological polar surface area (TPSA) is 29.3 Å². The van der Waals surface area contributed by atoms with Crippen molar-refractivity contribution in [3.63, 3.8) is 0 Å². The highest BCUT2D eigenvalue weighted by molar-refractivity contribution is 7.09. The number of nitrogens with two attached hydrogens (primary N) is 1. The molecule has 90 valence electrons. The smallest absolute Gasteiger partial charge is 0.0523 e. The van der Waals surface area contributed by atoms with Crippen LogP contribution in [0.25, 0.3) is 0 Å². The average molecular weight is 267 g/mol. The Morgan fingerprint density at radius 1 is 1.24 bits per heavy atom. The molecule has 0 saturated heterocycles. The molecule has 0 atom stereocenters. The van der Waals surface area contributed by atoms with Crippen LogP contribution in [0.2, 0.25) is 5.02 Å². The molecule has 0 bridgehead atoms. The number of rotatable bonds is 5. The van der Waals surface area contributed by atoms with Gasteiger partial charge in [0.25, 0.3) is 0 Å². The summed E-state index contributed by atoms with van der Waals surface area (Å²) in [5.41, 5.74) is 6.78. The average Bonchev–Trinajstić information content (AvgIpc) is 2.81. The molecule has 2 N–H and O–H groups in total. The Labute approximate surface area is 111 Å². The lowest BCUT2D eigenvalue weighted by molar-refractivity contribution is 0.798. The molecule has 0 aliphatic heterocycles. The van der Waals surface area contributed by atoms with Crippen LogP contribution in [0, 0.1) is 0 Å². The summed E-state index contributed by atoms with van der Waals surface area (Å²) in [7, 11) is 0. The second-order valence-electron chi connectivity index (χ2n) is 3.77. The number of benzene rings is 1. The number of hydrogen-bond donors (Lipinski definition) is 1. The van der Waals surface area contributed by atoms with Gasteiger partial charge in [0.2, 0.25) is 0 Å². The van der Waals surface area contributed by atoms with Crippen molar-refractivity contribution >= 4 is 28.6 Å². The van der Waals surface area contributed by atoms with Gasteiger partial charge in [0.05, 0.1) is 6.54 Å². The van der Waals surface area contributed by atoms with Crippen molar-refractivity contribution in [3.05, 3.63) is 51.7 Å². The first-order valence-electron chi connectivity index (χ1n) is 5.52. The zero-order valence-electron chi connectivity index (χ0n) is 9.47. The molecule has 4 heteroatoms. The summed E-state index contributed by atoms with van der Waals surface area (Å²) in [6.45, 7) is 2.35. The predicted molar refractivity (Wildman–Crippen MR) is 75.9 cm³/mol. The molecule has 2 rings (SSSR count). The van der Waals surface area contributed by atoms with Gasteiger partial charge in [-0.2, -0.15) is 0 Å². The fraction of sp³-hybridized carbons (Fsp3) is 0.231. The van der Waals surface area contributed by atoms with Crippen LogP contribution >= 0.6 is 22.9 Å². The van der Waals surface area contributed by atoms with Gasteiger partial charge in [0, 0.05) is 28.7 Å². The molecule has 1 aromatic carbocycles. The first kappa shape index (κ1) is 12.4. The largest absolute Gasteiger partial charge is 0.365 e. The molecule has 0 aliphatic carbocycles. The molecule has 2 aromatic rings. The summed E-state index contributed by atoms with van der Waals surface area (Å²) in [6.07, 6.45) is 0. The molecule has 1 heterocycles. The van der Waals surface area contributed by atoms with E-state index in [4.69, 9.17) is 17.3 Å². The number of hydrogen-bond acceptors (Lipinski definition) is 3. The lowest BCUT2D eigenvalue weighted by atomic mass is 10.2. The van der Waals surface area contributed by atoms with Crippen molar-refractivity contribution in [2.75, 3.05) is 18.0 Å². The van der Waals surface area contributed by atoms with E-state index in [9.17, 15) is 0 Å². The van der Waals surface area contributed by atoms with Gasteiger partial charge >= 0.3 is 0 Å². The van der Waals surface area contributed by atoms with Crippen molar-refractivity contribution < 1.29 is 0 Å². The summed E-state index contributed by atoms with van der Waals surface area (Å²) in [4.78, 5) is 3.58. The summed E-state index contributed by atoms with van der Waals surface area (Å²) in [5, 5.41) is 2.85. The minimum absolute atomic E-state index is 0.637. The predicted octanol–water partition coefficient (Wildman–Crippen LogP) is 3.37. The van der Waals surface area contributed by atoms with E-state index in [1.54, 1.807) is 11.3 Å². The van der Waals surface area contributed by atoms with Crippen LogP contribution in [0.3, 0.4) is 0 Å². The molecule has 0 spiro atoms. The highest BCUT2D eigenvalue weighted by Crippen LogP contribution is 2.22. The standard InChI is InChI=1S/C13H15ClN2S/c14-11-3-1-4-12(9-11)16(7-6-15)10-13-5-2-8-17-13/h1-5,8-9H,6-7,10,15H2. The molecule has 0 amide bonds. The number of thiophene rings is 1. The zero-order chi connectivity index (χ0) is 12.1. The van der Waals surface area contributed by atoms with Crippen molar-refractivity contribution in [3.8, 4) is 0 Å². The summed E-state index contributed by atoms with van der Waals surface area (Å²) >= 11 is 7.78. The summed E-state index contributed by atoms with van der Waals surface area (Å²) in [5.74, 6) is 0. The molecule has 0 radical (unpaired) electrons. The van der Waals surface area contributed by atoms with E-state index in [1.165, 1.54) is 4.88 Å². The first-order valence-corrected chi connectivity index (χ1v) is 6.78.